The van der Waals surface area contributed by atoms with Gasteiger partial charge in [0.05, 0.1) is 5.69 Å². The van der Waals surface area contributed by atoms with Crippen molar-refractivity contribution < 1.29 is 9.21 Å². The summed E-state index contributed by atoms with van der Waals surface area (Å²) >= 11 is 1.36. The zero-order chi connectivity index (χ0) is 20.8. The number of rotatable bonds is 3. The van der Waals surface area contributed by atoms with E-state index in [1.165, 1.54) is 16.9 Å². The quantitative estimate of drug-likeness (QED) is 0.436. The number of benzene rings is 1. The number of amides is 1. The van der Waals surface area contributed by atoms with Crippen molar-refractivity contribution in [3.8, 4) is 11.3 Å². The highest BCUT2D eigenvalue weighted by Crippen LogP contribution is 2.44. The molecule has 0 saturated carbocycles. The molecule has 3 heterocycles. The molecule has 0 radical (unpaired) electrons. The molecule has 5 rings (SSSR count). The SMILES string of the molecule is Cc1ccc(-c2c3c(nc4sc(C(=O)Nc5ccccc5C)c(N)c24)CCCC3)o1. The molecule has 152 valence electrons. The topological polar surface area (TPSA) is 81.2 Å². The maximum absolute atomic E-state index is 13.1. The molecule has 30 heavy (non-hydrogen) atoms. The van der Waals surface area contributed by atoms with Crippen molar-refractivity contribution in [2.75, 3.05) is 11.1 Å². The first-order chi connectivity index (χ1) is 14.5. The monoisotopic (exact) mass is 417 g/mol. The molecule has 0 bridgehead atoms. The summed E-state index contributed by atoms with van der Waals surface area (Å²) in [5.41, 5.74) is 12.2. The molecule has 4 aromatic rings. The van der Waals surface area contributed by atoms with Crippen LogP contribution in [0, 0.1) is 13.8 Å². The molecule has 0 fully saturated rings. The van der Waals surface area contributed by atoms with Gasteiger partial charge in [0.15, 0.2) is 0 Å². The number of anilines is 2. The number of hydrogen-bond acceptors (Lipinski definition) is 5. The van der Waals surface area contributed by atoms with E-state index in [1.807, 2.05) is 50.2 Å². The normalized spacial score (nSPS) is 13.4. The van der Waals surface area contributed by atoms with Gasteiger partial charge in [-0.05, 0) is 68.9 Å². The maximum atomic E-state index is 13.1. The number of nitrogens with two attached hydrogens (primary N) is 1. The van der Waals surface area contributed by atoms with Crippen molar-refractivity contribution in [1.29, 1.82) is 0 Å². The second-order valence-electron chi connectivity index (χ2n) is 7.82. The third kappa shape index (κ3) is 3.08. The van der Waals surface area contributed by atoms with Crippen molar-refractivity contribution in [3.05, 3.63) is 63.9 Å². The third-order valence-electron chi connectivity index (χ3n) is 5.74. The summed E-state index contributed by atoms with van der Waals surface area (Å²) in [6.45, 7) is 3.91. The van der Waals surface area contributed by atoms with Crippen LogP contribution in [0.2, 0.25) is 0 Å². The Morgan fingerprint density at radius 2 is 1.93 bits per heavy atom. The van der Waals surface area contributed by atoms with Crippen molar-refractivity contribution in [1.82, 2.24) is 4.98 Å². The Hall–Kier alpha value is -3.12. The summed E-state index contributed by atoms with van der Waals surface area (Å²) in [7, 11) is 0. The fourth-order valence-electron chi connectivity index (χ4n) is 4.21. The molecule has 1 aliphatic rings. The number of aromatic nitrogens is 1. The highest BCUT2D eigenvalue weighted by Gasteiger charge is 2.27. The first-order valence-corrected chi connectivity index (χ1v) is 11.0. The van der Waals surface area contributed by atoms with E-state index in [2.05, 4.69) is 5.32 Å². The number of nitrogens with one attached hydrogen (secondary N) is 1. The number of fused-ring (bicyclic) bond motifs is 2. The highest BCUT2D eigenvalue weighted by atomic mass is 32.1. The molecule has 0 atom stereocenters. The van der Waals surface area contributed by atoms with Crippen molar-refractivity contribution >= 4 is 38.8 Å². The van der Waals surface area contributed by atoms with Crippen LogP contribution in [0.5, 0.6) is 0 Å². The molecular formula is C24H23N3O2S. The Balaban J connectivity index is 1.68. The smallest absolute Gasteiger partial charge is 0.267 e. The van der Waals surface area contributed by atoms with Crippen LogP contribution in [-0.4, -0.2) is 10.9 Å². The average Bonchev–Trinajstić information content (AvgIpc) is 3.31. The van der Waals surface area contributed by atoms with Gasteiger partial charge in [-0.25, -0.2) is 4.98 Å². The minimum atomic E-state index is -0.204. The molecule has 1 amide bonds. The average molecular weight is 418 g/mol. The summed E-state index contributed by atoms with van der Waals surface area (Å²) in [6.07, 6.45) is 4.15. The molecule has 6 heteroatoms. The van der Waals surface area contributed by atoms with Gasteiger partial charge in [0.1, 0.15) is 21.2 Å². The third-order valence-corrected chi connectivity index (χ3v) is 6.84. The largest absolute Gasteiger partial charge is 0.461 e. The first-order valence-electron chi connectivity index (χ1n) is 10.2. The van der Waals surface area contributed by atoms with Crippen LogP contribution < -0.4 is 11.1 Å². The summed E-state index contributed by atoms with van der Waals surface area (Å²) in [5.74, 6) is 1.45. The second-order valence-corrected chi connectivity index (χ2v) is 8.82. The summed E-state index contributed by atoms with van der Waals surface area (Å²) in [4.78, 5) is 19.3. The lowest BCUT2D eigenvalue weighted by atomic mass is 9.89. The Labute approximate surface area is 178 Å². The van der Waals surface area contributed by atoms with Crippen molar-refractivity contribution in [2.24, 2.45) is 0 Å². The van der Waals surface area contributed by atoms with E-state index >= 15 is 0 Å². The molecule has 0 spiro atoms. The lowest BCUT2D eigenvalue weighted by Crippen LogP contribution is -2.12. The van der Waals surface area contributed by atoms with Crippen LogP contribution in [-0.2, 0) is 12.8 Å². The van der Waals surface area contributed by atoms with Crippen LogP contribution >= 0.6 is 11.3 Å². The number of nitrogen functional groups attached to an aromatic ring is 1. The second kappa shape index (κ2) is 7.29. The van der Waals surface area contributed by atoms with Gasteiger partial charge < -0.3 is 15.5 Å². The predicted octanol–water partition coefficient (Wildman–Crippen LogP) is 5.89. The number of pyridine rings is 1. The fraction of sp³-hybridized carbons (Fsp3) is 0.250. The molecule has 1 aromatic carbocycles. The van der Waals surface area contributed by atoms with E-state index in [4.69, 9.17) is 15.1 Å². The Kier molecular flexibility index (Phi) is 4.59. The number of para-hydroxylation sites is 1. The van der Waals surface area contributed by atoms with E-state index in [0.717, 1.165) is 69.9 Å². The van der Waals surface area contributed by atoms with Gasteiger partial charge in [-0.1, -0.05) is 18.2 Å². The maximum Gasteiger partial charge on any atom is 0.267 e. The van der Waals surface area contributed by atoms with Crippen LogP contribution in [0.3, 0.4) is 0 Å². The zero-order valence-electron chi connectivity index (χ0n) is 17.0. The molecule has 3 aromatic heterocycles. The van der Waals surface area contributed by atoms with Gasteiger partial charge in [0.25, 0.3) is 5.91 Å². The number of carbonyl (C=O) groups excluding carboxylic acids is 1. The van der Waals surface area contributed by atoms with E-state index in [1.54, 1.807) is 0 Å². The molecule has 5 nitrogen and oxygen atoms in total. The standard InChI is InChI=1S/C24H23N3O2S/c1-13-7-3-5-9-16(13)26-23(28)22-21(25)20-19(18-12-11-14(2)29-18)15-8-4-6-10-17(15)27-24(20)30-22/h3,5,7,9,11-12H,4,6,8,10,25H2,1-2H3,(H,26,28). The van der Waals surface area contributed by atoms with Gasteiger partial charge in [0, 0.05) is 22.3 Å². The molecule has 0 unspecified atom stereocenters. The van der Waals surface area contributed by atoms with Crippen LogP contribution in [0.1, 0.15) is 45.1 Å². The van der Waals surface area contributed by atoms with Crippen molar-refractivity contribution in [2.45, 2.75) is 39.5 Å². The van der Waals surface area contributed by atoms with Crippen LogP contribution in [0.4, 0.5) is 11.4 Å². The van der Waals surface area contributed by atoms with Gasteiger partial charge in [-0.15, -0.1) is 11.3 Å². The predicted molar refractivity (Wildman–Crippen MR) is 122 cm³/mol. The number of hydrogen-bond donors (Lipinski definition) is 2. The van der Waals surface area contributed by atoms with Gasteiger partial charge in [-0.2, -0.15) is 0 Å². The highest BCUT2D eigenvalue weighted by molar-refractivity contribution is 7.21. The molecule has 0 saturated heterocycles. The summed E-state index contributed by atoms with van der Waals surface area (Å²) < 4.78 is 6.00. The number of thiophene rings is 1. The van der Waals surface area contributed by atoms with E-state index in [-0.39, 0.29) is 5.91 Å². The molecule has 3 N–H and O–H groups in total. The van der Waals surface area contributed by atoms with Gasteiger partial charge in [-0.3, -0.25) is 4.79 Å². The Morgan fingerprint density at radius 1 is 1.13 bits per heavy atom. The van der Waals surface area contributed by atoms with Crippen LogP contribution in [0.25, 0.3) is 21.5 Å². The van der Waals surface area contributed by atoms with E-state index in [9.17, 15) is 4.79 Å². The number of furan rings is 1. The van der Waals surface area contributed by atoms with Gasteiger partial charge >= 0.3 is 0 Å². The lowest BCUT2D eigenvalue weighted by Gasteiger charge is -2.18. The minimum absolute atomic E-state index is 0.204. The van der Waals surface area contributed by atoms with Crippen molar-refractivity contribution in [3.63, 3.8) is 0 Å². The van der Waals surface area contributed by atoms with E-state index < -0.39 is 0 Å². The number of carbonyl (C=O) groups is 1. The minimum Gasteiger partial charge on any atom is -0.461 e. The number of nitrogens with zero attached hydrogens (tertiary/aromatic N) is 1. The Morgan fingerprint density at radius 3 is 2.70 bits per heavy atom. The Bertz CT molecular complexity index is 1290. The molecule has 0 aliphatic heterocycles. The van der Waals surface area contributed by atoms with Crippen LogP contribution in [0.15, 0.2) is 40.8 Å². The van der Waals surface area contributed by atoms with Gasteiger partial charge in [0.2, 0.25) is 0 Å². The summed E-state index contributed by atoms with van der Waals surface area (Å²) in [6, 6.07) is 11.7. The lowest BCUT2D eigenvalue weighted by molar-refractivity contribution is 0.103. The fourth-order valence-corrected chi connectivity index (χ4v) is 5.23. The van der Waals surface area contributed by atoms with E-state index in [0.29, 0.717) is 10.6 Å². The number of aryl methyl sites for hydroxylation is 3. The summed E-state index contributed by atoms with van der Waals surface area (Å²) in [5, 5.41) is 3.84. The molecular weight excluding hydrogens is 394 g/mol. The first kappa shape index (κ1) is 18.9. The zero-order valence-corrected chi connectivity index (χ0v) is 17.9. The molecule has 1 aliphatic carbocycles.